The molecule has 0 fully saturated rings. The Morgan fingerprint density at radius 2 is 2.00 bits per heavy atom. The van der Waals surface area contributed by atoms with Crippen molar-refractivity contribution in [2.75, 3.05) is 14.1 Å². The van der Waals surface area contributed by atoms with Gasteiger partial charge in [0.1, 0.15) is 0 Å². The predicted molar refractivity (Wildman–Crippen MR) is 90.1 cm³/mol. The molecule has 0 aliphatic rings. The van der Waals surface area contributed by atoms with Crippen LogP contribution in [0.1, 0.15) is 61.2 Å². The fourth-order valence-corrected chi connectivity index (χ4v) is 2.21. The molecule has 0 radical (unpaired) electrons. The molecule has 0 unspecified atom stereocenters. The van der Waals surface area contributed by atoms with Crippen LogP contribution in [-0.2, 0) is 0 Å². The fraction of sp³-hybridized carbons (Fsp3) is 0.421. The summed E-state index contributed by atoms with van der Waals surface area (Å²) in [5, 5.41) is 0.942. The van der Waals surface area contributed by atoms with Gasteiger partial charge >= 0.3 is 0 Å². The van der Waals surface area contributed by atoms with Crippen LogP contribution < -0.4 is 0 Å². The first kappa shape index (κ1) is 16.2. The van der Waals surface area contributed by atoms with E-state index in [-0.39, 0.29) is 5.91 Å². The Morgan fingerprint density at radius 1 is 1.27 bits per heavy atom. The highest BCUT2D eigenvalue weighted by atomic mass is 16.3. The molecule has 1 aromatic carbocycles. The van der Waals surface area contributed by atoms with Crippen molar-refractivity contribution in [1.29, 1.82) is 0 Å². The van der Waals surface area contributed by atoms with Crippen molar-refractivity contribution < 1.29 is 9.21 Å². The van der Waals surface area contributed by atoms with E-state index in [4.69, 9.17) is 4.42 Å². The molecule has 0 atom stereocenters. The molecule has 2 aromatic rings. The van der Waals surface area contributed by atoms with E-state index in [1.165, 1.54) is 10.5 Å². The molecule has 116 valence electrons. The van der Waals surface area contributed by atoms with Crippen LogP contribution in [0.15, 0.2) is 22.6 Å². The molecular formula is C19H23NO2. The second-order valence-electron chi connectivity index (χ2n) is 6.00. The minimum Gasteiger partial charge on any atom is -0.450 e. The van der Waals surface area contributed by atoms with Gasteiger partial charge in [0.25, 0.3) is 5.91 Å². The van der Waals surface area contributed by atoms with Crippen molar-refractivity contribution in [3.63, 3.8) is 0 Å². The maximum atomic E-state index is 12.1. The Hall–Kier alpha value is -2.21. The summed E-state index contributed by atoms with van der Waals surface area (Å²) in [4.78, 5) is 13.6. The van der Waals surface area contributed by atoms with Crippen LogP contribution in [0.5, 0.6) is 0 Å². The number of nitrogens with zero attached hydrogens (tertiary/aromatic N) is 1. The molecule has 0 saturated carbocycles. The summed E-state index contributed by atoms with van der Waals surface area (Å²) in [6, 6.07) is 5.97. The largest absolute Gasteiger partial charge is 0.450 e. The minimum absolute atomic E-state index is 0.130. The number of rotatable bonds is 3. The Bertz CT molecular complexity index is 742. The lowest BCUT2D eigenvalue weighted by atomic mass is 9.98. The van der Waals surface area contributed by atoms with E-state index in [0.717, 1.165) is 23.8 Å². The normalized spacial score (nSPS) is 10.6. The highest BCUT2D eigenvalue weighted by Crippen LogP contribution is 2.28. The number of fused-ring (bicyclic) bond motifs is 1. The average molecular weight is 297 g/mol. The summed E-state index contributed by atoms with van der Waals surface area (Å²) in [5.41, 5.74) is 2.78. The topological polar surface area (TPSA) is 33.5 Å². The second-order valence-corrected chi connectivity index (χ2v) is 6.00. The van der Waals surface area contributed by atoms with Crippen molar-refractivity contribution in [1.82, 2.24) is 4.90 Å². The number of unbranched alkanes of at least 4 members (excludes halogenated alkanes) is 1. The highest BCUT2D eigenvalue weighted by molar-refractivity contribution is 5.97. The molecule has 3 nitrogen and oxygen atoms in total. The molecule has 3 heteroatoms. The van der Waals surface area contributed by atoms with E-state index >= 15 is 0 Å². The van der Waals surface area contributed by atoms with Gasteiger partial charge in [0.2, 0.25) is 0 Å². The van der Waals surface area contributed by atoms with E-state index in [1.807, 2.05) is 6.07 Å². The lowest BCUT2D eigenvalue weighted by Crippen LogP contribution is -2.20. The van der Waals surface area contributed by atoms with Crippen LogP contribution in [-0.4, -0.2) is 24.9 Å². The van der Waals surface area contributed by atoms with E-state index in [1.54, 1.807) is 14.1 Å². The Labute approximate surface area is 132 Å². The van der Waals surface area contributed by atoms with Gasteiger partial charge in [0.05, 0.1) is 5.56 Å². The number of hydrogen-bond acceptors (Lipinski definition) is 2. The maximum Gasteiger partial charge on any atom is 0.289 e. The standard InChI is InChI=1S/C19H23NO2/c1-6-7-8-9-14-10-15(13(2)3)11-16-12-17(22-18(14)16)19(21)20(4)5/h10-13H,6-7H2,1-5H3. The molecule has 0 N–H and O–H groups in total. The van der Waals surface area contributed by atoms with Crippen molar-refractivity contribution in [3.05, 3.63) is 35.1 Å². The van der Waals surface area contributed by atoms with Crippen molar-refractivity contribution >= 4 is 16.9 Å². The van der Waals surface area contributed by atoms with E-state index in [9.17, 15) is 4.79 Å². The molecule has 1 heterocycles. The van der Waals surface area contributed by atoms with Crippen LogP contribution in [0.3, 0.4) is 0 Å². The highest BCUT2D eigenvalue weighted by Gasteiger charge is 2.17. The first-order valence-electron chi connectivity index (χ1n) is 7.72. The Balaban J connectivity index is 2.60. The first-order valence-corrected chi connectivity index (χ1v) is 7.72. The lowest BCUT2D eigenvalue weighted by molar-refractivity contribution is 0.0799. The Morgan fingerprint density at radius 3 is 2.59 bits per heavy atom. The smallest absolute Gasteiger partial charge is 0.289 e. The van der Waals surface area contributed by atoms with Crippen molar-refractivity contribution in [2.45, 2.75) is 39.5 Å². The van der Waals surface area contributed by atoms with Crippen LogP contribution in [0.25, 0.3) is 11.0 Å². The molecule has 0 spiro atoms. The molecule has 0 bridgehead atoms. The van der Waals surface area contributed by atoms with Gasteiger partial charge in [-0.2, -0.15) is 0 Å². The van der Waals surface area contributed by atoms with Gasteiger partial charge in [-0.15, -0.1) is 0 Å². The van der Waals surface area contributed by atoms with Gasteiger partial charge in [0, 0.05) is 25.9 Å². The van der Waals surface area contributed by atoms with E-state index < -0.39 is 0 Å². The van der Waals surface area contributed by atoms with E-state index in [2.05, 4.69) is 44.7 Å². The van der Waals surface area contributed by atoms with Gasteiger partial charge in [-0.1, -0.05) is 32.6 Å². The molecule has 1 amide bonds. The number of furan rings is 1. The quantitative estimate of drug-likeness (QED) is 0.786. The van der Waals surface area contributed by atoms with Gasteiger partial charge in [-0.3, -0.25) is 4.79 Å². The maximum absolute atomic E-state index is 12.1. The number of carbonyl (C=O) groups is 1. The van der Waals surface area contributed by atoms with Gasteiger partial charge in [-0.25, -0.2) is 0 Å². The van der Waals surface area contributed by atoms with Crippen molar-refractivity contribution in [3.8, 4) is 11.8 Å². The third-order valence-corrected chi connectivity index (χ3v) is 3.52. The van der Waals surface area contributed by atoms with Gasteiger partial charge < -0.3 is 9.32 Å². The van der Waals surface area contributed by atoms with Crippen molar-refractivity contribution in [2.24, 2.45) is 0 Å². The SMILES string of the molecule is CCCC#Cc1cc(C(C)C)cc2cc(C(=O)N(C)C)oc12. The molecule has 0 aliphatic heterocycles. The third-order valence-electron chi connectivity index (χ3n) is 3.52. The summed E-state index contributed by atoms with van der Waals surface area (Å²) >= 11 is 0. The average Bonchev–Trinajstić information content (AvgIpc) is 2.90. The number of hydrogen-bond donors (Lipinski definition) is 0. The number of carbonyl (C=O) groups excluding carboxylic acids is 1. The predicted octanol–water partition coefficient (Wildman–Crippen LogP) is 4.41. The van der Waals surface area contributed by atoms with Crippen LogP contribution in [0.4, 0.5) is 0 Å². The summed E-state index contributed by atoms with van der Waals surface area (Å²) in [6.45, 7) is 6.41. The van der Waals surface area contributed by atoms with Crippen LogP contribution >= 0.6 is 0 Å². The number of benzene rings is 1. The first-order chi connectivity index (χ1) is 10.4. The zero-order chi connectivity index (χ0) is 16.3. The third kappa shape index (κ3) is 3.33. The zero-order valence-corrected chi connectivity index (χ0v) is 14.0. The molecule has 0 aliphatic carbocycles. The minimum atomic E-state index is -0.130. The molecule has 1 aromatic heterocycles. The van der Waals surface area contributed by atoms with Crippen LogP contribution in [0, 0.1) is 11.8 Å². The molecule has 2 rings (SSSR count). The lowest BCUT2D eigenvalue weighted by Gasteiger charge is -2.06. The summed E-state index contributed by atoms with van der Waals surface area (Å²) in [5.74, 6) is 6.99. The van der Waals surface area contributed by atoms with E-state index in [0.29, 0.717) is 17.3 Å². The summed E-state index contributed by atoms with van der Waals surface area (Å²) in [7, 11) is 3.44. The summed E-state index contributed by atoms with van der Waals surface area (Å²) in [6.07, 6.45) is 1.89. The zero-order valence-electron chi connectivity index (χ0n) is 14.0. The molecule has 22 heavy (non-hydrogen) atoms. The molecule has 0 saturated heterocycles. The monoisotopic (exact) mass is 297 g/mol. The fourth-order valence-electron chi connectivity index (χ4n) is 2.21. The second kappa shape index (κ2) is 6.70. The Kier molecular flexibility index (Phi) is 4.92. The number of amides is 1. The summed E-state index contributed by atoms with van der Waals surface area (Å²) < 4.78 is 5.79. The van der Waals surface area contributed by atoms with Gasteiger partial charge in [0.15, 0.2) is 11.3 Å². The molecular weight excluding hydrogens is 274 g/mol. The van der Waals surface area contributed by atoms with Crippen LogP contribution in [0.2, 0.25) is 0 Å². The van der Waals surface area contributed by atoms with Gasteiger partial charge in [-0.05, 0) is 36.1 Å².